The highest BCUT2D eigenvalue weighted by Crippen LogP contribution is 2.24. The molecule has 0 bridgehead atoms. The van der Waals surface area contributed by atoms with E-state index in [0.717, 1.165) is 16.9 Å². The molecule has 0 saturated carbocycles. The zero-order chi connectivity index (χ0) is 18.7. The van der Waals surface area contributed by atoms with Crippen LogP contribution < -0.4 is 10.1 Å². The fourth-order valence-corrected chi connectivity index (χ4v) is 2.69. The van der Waals surface area contributed by atoms with Crippen LogP contribution >= 0.6 is 23.2 Å². The van der Waals surface area contributed by atoms with E-state index < -0.39 is 5.91 Å². The molecule has 0 aliphatic heterocycles. The first-order chi connectivity index (χ1) is 12.4. The van der Waals surface area contributed by atoms with Crippen LogP contribution in [0, 0.1) is 13.8 Å². The molecule has 1 N–H and O–H groups in total. The molecule has 3 rings (SSSR count). The third-order valence-electron chi connectivity index (χ3n) is 3.64. The molecule has 134 valence electrons. The van der Waals surface area contributed by atoms with Gasteiger partial charge >= 0.3 is 0 Å². The van der Waals surface area contributed by atoms with Crippen molar-refractivity contribution in [1.29, 1.82) is 0 Å². The number of hydrogen-bond donors (Lipinski definition) is 1. The van der Waals surface area contributed by atoms with Gasteiger partial charge in [-0.2, -0.15) is 0 Å². The molecule has 0 atom stereocenters. The summed E-state index contributed by atoms with van der Waals surface area (Å²) < 4.78 is 11.3. The van der Waals surface area contributed by atoms with Gasteiger partial charge in [-0.1, -0.05) is 35.3 Å². The Morgan fingerprint density at radius 1 is 1.19 bits per heavy atom. The second-order valence-electron chi connectivity index (χ2n) is 5.76. The van der Waals surface area contributed by atoms with Gasteiger partial charge in [0.05, 0.1) is 10.0 Å². The van der Waals surface area contributed by atoms with E-state index in [9.17, 15) is 4.79 Å². The number of halogens is 2. The van der Waals surface area contributed by atoms with Gasteiger partial charge in [0, 0.05) is 6.20 Å². The molecule has 0 aliphatic carbocycles. The largest absolute Gasteiger partial charge is 0.485 e. The minimum absolute atomic E-state index is 0.136. The molecule has 0 aliphatic rings. The molecule has 2 heterocycles. The summed E-state index contributed by atoms with van der Waals surface area (Å²) in [6.45, 7) is 4.19. The number of ether oxygens (including phenoxy) is 1. The molecule has 2 aromatic heterocycles. The van der Waals surface area contributed by atoms with Crippen molar-refractivity contribution >= 4 is 34.9 Å². The molecule has 0 spiro atoms. The SMILES string of the molecule is Cc1ccc(C)c(OCc2ccc(C(=O)Nc3ncc(Cl)cc3Cl)o2)c1. The number of rotatable bonds is 5. The fraction of sp³-hybridized carbons (Fsp3) is 0.158. The first kappa shape index (κ1) is 18.3. The van der Waals surface area contributed by atoms with Gasteiger partial charge in [0.2, 0.25) is 0 Å². The Morgan fingerprint density at radius 3 is 2.77 bits per heavy atom. The maximum atomic E-state index is 12.3. The number of aryl methyl sites for hydroxylation is 2. The average molecular weight is 391 g/mol. The van der Waals surface area contributed by atoms with Crippen LogP contribution in [0.3, 0.4) is 0 Å². The Hall–Kier alpha value is -2.50. The number of nitrogens with zero attached hydrogens (tertiary/aromatic N) is 1. The lowest BCUT2D eigenvalue weighted by Gasteiger charge is -2.08. The standard InChI is InChI=1S/C19H16Cl2N2O3/c1-11-3-4-12(2)17(7-11)25-10-14-5-6-16(26-14)19(24)23-18-15(21)8-13(20)9-22-18/h3-9H,10H2,1-2H3,(H,22,23,24). The van der Waals surface area contributed by atoms with E-state index in [1.807, 2.05) is 32.0 Å². The predicted molar refractivity (Wildman–Crippen MR) is 101 cm³/mol. The van der Waals surface area contributed by atoms with Crippen LogP contribution in [0.4, 0.5) is 5.82 Å². The number of pyridine rings is 1. The highest BCUT2D eigenvalue weighted by Gasteiger charge is 2.14. The van der Waals surface area contributed by atoms with Gasteiger partial charge in [-0.05, 0) is 49.2 Å². The third kappa shape index (κ3) is 4.36. The Morgan fingerprint density at radius 2 is 2.00 bits per heavy atom. The quantitative estimate of drug-likeness (QED) is 0.630. The molecule has 0 unspecified atom stereocenters. The molecule has 1 aromatic carbocycles. The molecule has 7 heteroatoms. The Kier molecular flexibility index (Phi) is 5.49. The van der Waals surface area contributed by atoms with Gasteiger partial charge in [-0.3, -0.25) is 4.79 Å². The third-order valence-corrected chi connectivity index (χ3v) is 4.13. The van der Waals surface area contributed by atoms with E-state index in [2.05, 4.69) is 10.3 Å². The summed E-state index contributed by atoms with van der Waals surface area (Å²) in [5.41, 5.74) is 2.14. The van der Waals surface area contributed by atoms with Crippen LogP contribution in [-0.2, 0) is 6.61 Å². The van der Waals surface area contributed by atoms with Crippen molar-refractivity contribution in [3.63, 3.8) is 0 Å². The second-order valence-corrected chi connectivity index (χ2v) is 6.61. The Balaban J connectivity index is 1.65. The topological polar surface area (TPSA) is 64.4 Å². The molecule has 26 heavy (non-hydrogen) atoms. The smallest absolute Gasteiger partial charge is 0.292 e. The minimum Gasteiger partial charge on any atom is -0.485 e. The fourth-order valence-electron chi connectivity index (χ4n) is 2.26. The normalized spacial score (nSPS) is 10.6. The minimum atomic E-state index is -0.459. The zero-order valence-electron chi connectivity index (χ0n) is 14.2. The van der Waals surface area contributed by atoms with Gasteiger partial charge < -0.3 is 14.5 Å². The summed E-state index contributed by atoms with van der Waals surface area (Å²) in [6, 6.07) is 10.7. The maximum Gasteiger partial charge on any atom is 0.292 e. The second kappa shape index (κ2) is 7.81. The number of amides is 1. The molecule has 3 aromatic rings. The molecule has 0 saturated heterocycles. The number of carbonyl (C=O) groups is 1. The van der Waals surface area contributed by atoms with E-state index in [0.29, 0.717) is 10.8 Å². The van der Waals surface area contributed by atoms with Gasteiger partial charge in [-0.15, -0.1) is 0 Å². The summed E-state index contributed by atoms with van der Waals surface area (Å²) in [6.07, 6.45) is 1.40. The molecule has 1 amide bonds. The van der Waals surface area contributed by atoms with Gasteiger partial charge in [0.25, 0.3) is 5.91 Å². The summed E-state index contributed by atoms with van der Waals surface area (Å²) >= 11 is 11.8. The zero-order valence-corrected chi connectivity index (χ0v) is 15.7. The summed E-state index contributed by atoms with van der Waals surface area (Å²) in [5.74, 6) is 1.21. The van der Waals surface area contributed by atoms with Crippen molar-refractivity contribution in [1.82, 2.24) is 4.98 Å². The number of aromatic nitrogens is 1. The summed E-state index contributed by atoms with van der Waals surface area (Å²) in [7, 11) is 0. The number of carbonyl (C=O) groups excluding carboxylic acids is 1. The lowest BCUT2D eigenvalue weighted by Crippen LogP contribution is -2.12. The van der Waals surface area contributed by atoms with Crippen LogP contribution in [-0.4, -0.2) is 10.9 Å². The molecule has 5 nitrogen and oxygen atoms in total. The van der Waals surface area contributed by atoms with Crippen LogP contribution in [0.25, 0.3) is 0 Å². The van der Waals surface area contributed by atoms with Crippen LogP contribution in [0.15, 0.2) is 47.0 Å². The maximum absolute atomic E-state index is 12.3. The lowest BCUT2D eigenvalue weighted by atomic mass is 10.1. The van der Waals surface area contributed by atoms with Crippen molar-refractivity contribution in [3.05, 3.63) is 75.3 Å². The van der Waals surface area contributed by atoms with Crippen molar-refractivity contribution in [2.24, 2.45) is 0 Å². The van der Waals surface area contributed by atoms with Crippen LogP contribution in [0.1, 0.15) is 27.4 Å². The number of benzene rings is 1. The van der Waals surface area contributed by atoms with Crippen LogP contribution in [0.2, 0.25) is 10.0 Å². The first-order valence-corrected chi connectivity index (χ1v) is 8.59. The molecular formula is C19H16Cl2N2O3. The number of anilines is 1. The summed E-state index contributed by atoms with van der Waals surface area (Å²) in [4.78, 5) is 16.2. The number of furan rings is 1. The number of nitrogens with one attached hydrogen (secondary N) is 1. The lowest BCUT2D eigenvalue weighted by molar-refractivity contribution is 0.0992. The summed E-state index contributed by atoms with van der Waals surface area (Å²) in [5, 5.41) is 3.21. The van der Waals surface area contributed by atoms with Crippen molar-refractivity contribution < 1.29 is 13.9 Å². The van der Waals surface area contributed by atoms with E-state index in [1.165, 1.54) is 12.3 Å². The van der Waals surface area contributed by atoms with E-state index >= 15 is 0 Å². The molecular weight excluding hydrogens is 375 g/mol. The Labute approximate surface area is 160 Å². The molecule has 0 fully saturated rings. The average Bonchev–Trinajstić information content (AvgIpc) is 3.07. The van der Waals surface area contributed by atoms with Crippen molar-refractivity contribution in [2.75, 3.05) is 5.32 Å². The van der Waals surface area contributed by atoms with Gasteiger partial charge in [0.1, 0.15) is 18.1 Å². The number of hydrogen-bond acceptors (Lipinski definition) is 4. The molecule has 0 radical (unpaired) electrons. The van der Waals surface area contributed by atoms with Gasteiger partial charge in [0.15, 0.2) is 11.6 Å². The van der Waals surface area contributed by atoms with E-state index in [1.54, 1.807) is 12.1 Å². The van der Waals surface area contributed by atoms with E-state index in [4.69, 9.17) is 32.4 Å². The highest BCUT2D eigenvalue weighted by atomic mass is 35.5. The predicted octanol–water partition coefficient (Wildman–Crippen LogP) is 5.43. The van der Waals surface area contributed by atoms with E-state index in [-0.39, 0.29) is 23.2 Å². The van der Waals surface area contributed by atoms with Crippen LogP contribution in [0.5, 0.6) is 5.75 Å². The monoisotopic (exact) mass is 390 g/mol. The van der Waals surface area contributed by atoms with Crippen molar-refractivity contribution in [3.8, 4) is 5.75 Å². The highest BCUT2D eigenvalue weighted by molar-refractivity contribution is 6.36. The van der Waals surface area contributed by atoms with Crippen molar-refractivity contribution in [2.45, 2.75) is 20.5 Å². The first-order valence-electron chi connectivity index (χ1n) is 7.83. The van der Waals surface area contributed by atoms with Gasteiger partial charge in [-0.25, -0.2) is 4.98 Å². The Bertz CT molecular complexity index is 954.